The van der Waals surface area contributed by atoms with E-state index < -0.39 is 14.9 Å². The zero-order valence-corrected chi connectivity index (χ0v) is 19.4. The summed E-state index contributed by atoms with van der Waals surface area (Å²) in [6.45, 7) is 6.53. The van der Waals surface area contributed by atoms with Gasteiger partial charge in [-0.15, -0.1) is 0 Å². The van der Waals surface area contributed by atoms with Crippen molar-refractivity contribution in [3.8, 4) is 0 Å². The van der Waals surface area contributed by atoms with Crippen molar-refractivity contribution in [2.24, 2.45) is 0 Å². The largest absolute Gasteiger partial charge is 0.365 e. The molecule has 10 nitrogen and oxygen atoms in total. The molecule has 0 unspecified atom stereocenters. The highest BCUT2D eigenvalue weighted by molar-refractivity contribution is 7.92. The predicted molar refractivity (Wildman–Crippen MR) is 123 cm³/mol. The Morgan fingerprint density at radius 1 is 1.18 bits per heavy atom. The molecule has 4 rings (SSSR count). The quantitative estimate of drug-likeness (QED) is 0.420. The lowest BCUT2D eigenvalue weighted by atomic mass is 9.97. The van der Waals surface area contributed by atoms with Crippen molar-refractivity contribution >= 4 is 27.1 Å². The summed E-state index contributed by atoms with van der Waals surface area (Å²) in [6, 6.07) is 9.35. The van der Waals surface area contributed by atoms with Gasteiger partial charge in [-0.2, -0.15) is 4.98 Å². The van der Waals surface area contributed by atoms with Crippen LogP contribution in [0.4, 0.5) is 17.1 Å². The first-order valence-electron chi connectivity index (χ1n) is 10.6. The van der Waals surface area contributed by atoms with Gasteiger partial charge >= 0.3 is 0 Å². The molecule has 0 radical (unpaired) electrons. The summed E-state index contributed by atoms with van der Waals surface area (Å²) >= 11 is 0. The van der Waals surface area contributed by atoms with Crippen molar-refractivity contribution in [2.45, 2.75) is 44.4 Å². The van der Waals surface area contributed by atoms with E-state index in [1.807, 2.05) is 17.9 Å². The number of nitrogens with one attached hydrogen (secondary N) is 1. The van der Waals surface area contributed by atoms with Gasteiger partial charge in [-0.25, -0.2) is 8.42 Å². The van der Waals surface area contributed by atoms with Gasteiger partial charge in [0.15, 0.2) is 5.82 Å². The molecule has 1 atom stereocenters. The van der Waals surface area contributed by atoms with E-state index in [-0.39, 0.29) is 16.5 Å². The number of nitro benzene ring substituents is 1. The average Bonchev–Trinajstić information content (AvgIpc) is 3.21. The second kappa shape index (κ2) is 8.81. The van der Waals surface area contributed by atoms with Crippen LogP contribution < -0.4 is 9.62 Å². The number of anilines is 2. The highest BCUT2D eigenvalue weighted by Gasteiger charge is 2.30. The van der Waals surface area contributed by atoms with E-state index in [2.05, 4.69) is 14.9 Å². The minimum Gasteiger partial charge on any atom is -0.365 e. The number of hydrogen-bond acceptors (Lipinski definition) is 8. The summed E-state index contributed by atoms with van der Waals surface area (Å²) in [5.74, 6) is 1.00. The number of sulfonamides is 1. The van der Waals surface area contributed by atoms with Gasteiger partial charge in [-0.05, 0) is 57.4 Å². The Hall–Kier alpha value is -3.47. The molecule has 0 aliphatic carbocycles. The molecule has 3 aromatic rings. The molecule has 33 heavy (non-hydrogen) atoms. The number of piperidine rings is 1. The molecule has 0 bridgehead atoms. The molecule has 174 valence electrons. The maximum atomic E-state index is 13.0. The van der Waals surface area contributed by atoms with Gasteiger partial charge in [0.05, 0.1) is 21.4 Å². The first-order valence-corrected chi connectivity index (χ1v) is 12.1. The van der Waals surface area contributed by atoms with Gasteiger partial charge < -0.3 is 9.42 Å². The smallest absolute Gasteiger partial charge is 0.293 e. The summed E-state index contributed by atoms with van der Waals surface area (Å²) in [6.07, 6.45) is 1.62. The highest BCUT2D eigenvalue weighted by Crippen LogP contribution is 2.36. The molecular weight excluding hydrogens is 446 g/mol. The topological polar surface area (TPSA) is 131 Å². The van der Waals surface area contributed by atoms with Gasteiger partial charge in [-0.1, -0.05) is 22.9 Å². The molecule has 0 saturated carbocycles. The molecule has 11 heteroatoms. The van der Waals surface area contributed by atoms with Gasteiger partial charge in [0.25, 0.3) is 15.7 Å². The van der Waals surface area contributed by atoms with Crippen molar-refractivity contribution in [3.05, 3.63) is 69.4 Å². The lowest BCUT2D eigenvalue weighted by molar-refractivity contribution is -0.384. The Bertz CT molecular complexity index is 1300. The van der Waals surface area contributed by atoms with Crippen molar-refractivity contribution in [3.63, 3.8) is 0 Å². The fourth-order valence-electron chi connectivity index (χ4n) is 4.09. The molecule has 2 heterocycles. The molecule has 1 N–H and O–H groups in total. The Kier molecular flexibility index (Phi) is 6.07. The molecule has 1 aliphatic heterocycles. The maximum Gasteiger partial charge on any atom is 0.293 e. The number of benzene rings is 2. The van der Waals surface area contributed by atoms with Crippen LogP contribution in [-0.2, 0) is 10.0 Å². The number of nitrogens with zero attached hydrogens (tertiary/aromatic N) is 4. The normalized spacial score (nSPS) is 16.6. The first-order chi connectivity index (χ1) is 15.6. The van der Waals surface area contributed by atoms with E-state index >= 15 is 0 Å². The van der Waals surface area contributed by atoms with E-state index in [1.165, 1.54) is 12.1 Å². The van der Waals surface area contributed by atoms with E-state index in [0.717, 1.165) is 30.0 Å². The molecule has 1 fully saturated rings. The summed E-state index contributed by atoms with van der Waals surface area (Å²) in [5.41, 5.74) is 2.31. The minimum absolute atomic E-state index is 0.0471. The third-order valence-electron chi connectivity index (χ3n) is 5.73. The number of hydrogen-bond donors (Lipinski definition) is 1. The number of aromatic nitrogens is 2. The van der Waals surface area contributed by atoms with Crippen LogP contribution in [0.25, 0.3) is 0 Å². The third-order valence-corrected chi connectivity index (χ3v) is 7.10. The maximum absolute atomic E-state index is 13.0. The van der Waals surface area contributed by atoms with Crippen LogP contribution in [-0.4, -0.2) is 36.6 Å². The van der Waals surface area contributed by atoms with Crippen LogP contribution in [0.2, 0.25) is 0 Å². The summed E-state index contributed by atoms with van der Waals surface area (Å²) in [7, 11) is -4.01. The summed E-state index contributed by atoms with van der Waals surface area (Å²) in [5, 5.41) is 15.7. The van der Waals surface area contributed by atoms with Crippen LogP contribution in [0.3, 0.4) is 0 Å². The molecule has 0 spiro atoms. The summed E-state index contributed by atoms with van der Waals surface area (Å²) < 4.78 is 33.8. The Morgan fingerprint density at radius 3 is 2.64 bits per heavy atom. The lowest BCUT2D eigenvalue weighted by Crippen LogP contribution is -2.35. The molecule has 0 amide bonds. The van der Waals surface area contributed by atoms with E-state index in [0.29, 0.717) is 36.2 Å². The van der Waals surface area contributed by atoms with Gasteiger partial charge in [-0.3, -0.25) is 14.8 Å². The lowest BCUT2D eigenvalue weighted by Gasteiger charge is -2.32. The van der Waals surface area contributed by atoms with Crippen LogP contribution in [0.5, 0.6) is 0 Å². The Balaban J connectivity index is 1.63. The number of nitro groups is 1. The fraction of sp³-hybridized carbons (Fsp3) is 0.364. The molecular formula is C22H25N5O5S. The Labute approximate surface area is 191 Å². The minimum atomic E-state index is -4.01. The van der Waals surface area contributed by atoms with Crippen LogP contribution in [0.15, 0.2) is 45.8 Å². The zero-order valence-electron chi connectivity index (χ0n) is 18.6. The number of rotatable bonds is 6. The van der Waals surface area contributed by atoms with Crippen LogP contribution in [0.1, 0.15) is 41.6 Å². The zero-order chi connectivity index (χ0) is 23.8. The van der Waals surface area contributed by atoms with E-state index in [4.69, 9.17) is 4.52 Å². The van der Waals surface area contributed by atoms with Gasteiger partial charge in [0.2, 0.25) is 5.89 Å². The van der Waals surface area contributed by atoms with Crippen LogP contribution in [0, 0.1) is 30.9 Å². The van der Waals surface area contributed by atoms with E-state index in [9.17, 15) is 18.5 Å². The van der Waals surface area contributed by atoms with Crippen molar-refractivity contribution in [1.29, 1.82) is 0 Å². The summed E-state index contributed by atoms with van der Waals surface area (Å²) in [4.78, 5) is 17.3. The fourth-order valence-corrected chi connectivity index (χ4v) is 5.24. The van der Waals surface area contributed by atoms with Crippen LogP contribution >= 0.6 is 0 Å². The number of aryl methyl sites for hydroxylation is 3. The molecule has 1 aliphatic rings. The molecule has 1 aromatic heterocycles. The Morgan fingerprint density at radius 2 is 1.97 bits per heavy atom. The van der Waals surface area contributed by atoms with Crippen molar-refractivity contribution < 1.29 is 17.9 Å². The van der Waals surface area contributed by atoms with Crippen molar-refractivity contribution in [1.82, 2.24) is 10.1 Å². The van der Waals surface area contributed by atoms with Crippen molar-refractivity contribution in [2.75, 3.05) is 22.7 Å². The standard InChI is InChI=1S/C22H25N5O5S/c1-14-6-8-19(15(2)11-14)25-33(30,31)18-7-9-20(21(12-18)27(28)29)26-10-4-5-17(13-26)22-23-16(3)24-32-22/h6-9,11-12,17,25H,4-5,10,13H2,1-3H3/t17-/m1/s1. The predicted octanol–water partition coefficient (Wildman–Crippen LogP) is 4.09. The molecule has 2 aromatic carbocycles. The second-order valence-corrected chi connectivity index (χ2v) is 9.98. The average molecular weight is 472 g/mol. The van der Waals surface area contributed by atoms with Gasteiger partial charge in [0, 0.05) is 19.2 Å². The SMILES string of the molecule is Cc1ccc(NS(=O)(=O)c2ccc(N3CCC[C@@H](c4nc(C)no4)C3)c([N+](=O)[O-])c2)c(C)c1. The second-order valence-electron chi connectivity index (χ2n) is 8.30. The van der Waals surface area contributed by atoms with E-state index in [1.54, 1.807) is 26.0 Å². The molecule has 1 saturated heterocycles. The monoisotopic (exact) mass is 471 g/mol. The highest BCUT2D eigenvalue weighted by atomic mass is 32.2. The third kappa shape index (κ3) is 4.82. The van der Waals surface area contributed by atoms with Gasteiger partial charge in [0.1, 0.15) is 5.69 Å². The first kappa shape index (κ1) is 22.7.